The first kappa shape index (κ1) is 19.0. The molecule has 0 atom stereocenters. The van der Waals surface area contributed by atoms with Crippen LogP contribution in [-0.4, -0.2) is 21.5 Å². The molecule has 144 valence electrons. The second kappa shape index (κ2) is 8.25. The highest BCUT2D eigenvalue weighted by Gasteiger charge is 2.24. The molecule has 3 rings (SSSR count). The molecule has 0 aliphatic heterocycles. The van der Waals surface area contributed by atoms with Gasteiger partial charge in [-0.05, 0) is 31.2 Å². The molecule has 1 heterocycles. The third kappa shape index (κ3) is 4.11. The molecule has 0 amide bonds. The first-order valence-electron chi connectivity index (χ1n) is 8.20. The van der Waals surface area contributed by atoms with Gasteiger partial charge in [-0.3, -0.25) is 10.1 Å². The van der Waals surface area contributed by atoms with E-state index in [0.717, 1.165) is 18.5 Å². The quantitative estimate of drug-likeness (QED) is 0.453. The summed E-state index contributed by atoms with van der Waals surface area (Å²) in [5.41, 5.74) is -0.202. The zero-order chi connectivity index (χ0) is 20.1. The monoisotopic (exact) mass is 387 g/mol. The minimum atomic E-state index is -0.913. The predicted octanol–water partition coefficient (Wildman–Crippen LogP) is 4.55. The molecular formula is C18H15F2N5O3. The summed E-state index contributed by atoms with van der Waals surface area (Å²) in [6.45, 7) is 2.21. The van der Waals surface area contributed by atoms with E-state index in [-0.39, 0.29) is 17.3 Å². The van der Waals surface area contributed by atoms with Crippen LogP contribution in [0, 0.1) is 21.7 Å². The molecule has 1 aromatic heterocycles. The molecule has 0 saturated carbocycles. The summed E-state index contributed by atoms with van der Waals surface area (Å²) in [7, 11) is 0. The Bertz CT molecular complexity index is 1020. The SMILES string of the molecule is CCOc1ccccc1Nc1ncnc(Nc2ccc(F)cc2F)c1[N+](=O)[O-]. The van der Waals surface area contributed by atoms with Gasteiger partial charge in [0.15, 0.2) is 0 Å². The van der Waals surface area contributed by atoms with Gasteiger partial charge in [-0.2, -0.15) is 0 Å². The van der Waals surface area contributed by atoms with Crippen molar-refractivity contribution in [2.24, 2.45) is 0 Å². The largest absolute Gasteiger partial charge is 0.492 e. The zero-order valence-corrected chi connectivity index (χ0v) is 14.6. The maximum Gasteiger partial charge on any atom is 0.353 e. The van der Waals surface area contributed by atoms with Crippen molar-refractivity contribution in [3.8, 4) is 5.75 Å². The Morgan fingerprint density at radius 1 is 1.07 bits per heavy atom. The number of nitrogens with one attached hydrogen (secondary N) is 2. The van der Waals surface area contributed by atoms with Crippen LogP contribution in [0.1, 0.15) is 6.92 Å². The Hall–Kier alpha value is -3.82. The number of hydrogen-bond donors (Lipinski definition) is 2. The van der Waals surface area contributed by atoms with Crippen molar-refractivity contribution in [2.75, 3.05) is 17.2 Å². The first-order chi connectivity index (χ1) is 13.5. The van der Waals surface area contributed by atoms with Crippen LogP contribution in [0.4, 0.5) is 37.5 Å². The maximum atomic E-state index is 13.9. The van der Waals surface area contributed by atoms with Crippen molar-refractivity contribution >= 4 is 28.7 Å². The highest BCUT2D eigenvalue weighted by atomic mass is 19.1. The van der Waals surface area contributed by atoms with E-state index in [0.29, 0.717) is 24.1 Å². The number of nitrogens with zero attached hydrogens (tertiary/aromatic N) is 3. The Kier molecular flexibility index (Phi) is 5.58. The van der Waals surface area contributed by atoms with Gasteiger partial charge in [0.2, 0.25) is 11.6 Å². The van der Waals surface area contributed by atoms with Crippen LogP contribution in [0.15, 0.2) is 48.8 Å². The maximum absolute atomic E-state index is 13.9. The third-order valence-corrected chi connectivity index (χ3v) is 3.63. The third-order valence-electron chi connectivity index (χ3n) is 3.63. The van der Waals surface area contributed by atoms with Gasteiger partial charge < -0.3 is 15.4 Å². The molecule has 0 unspecified atom stereocenters. The smallest absolute Gasteiger partial charge is 0.353 e. The fourth-order valence-electron chi connectivity index (χ4n) is 2.43. The Morgan fingerprint density at radius 2 is 1.75 bits per heavy atom. The van der Waals surface area contributed by atoms with Gasteiger partial charge in [0.05, 0.1) is 22.9 Å². The molecule has 8 nitrogen and oxygen atoms in total. The van der Waals surface area contributed by atoms with Gasteiger partial charge in [-0.25, -0.2) is 18.7 Å². The molecular weight excluding hydrogens is 372 g/mol. The van der Waals surface area contributed by atoms with Gasteiger partial charge in [0, 0.05) is 6.07 Å². The van der Waals surface area contributed by atoms with Crippen LogP contribution in [0.3, 0.4) is 0 Å². The topological polar surface area (TPSA) is 102 Å². The van der Waals surface area contributed by atoms with E-state index in [4.69, 9.17) is 4.74 Å². The number of benzene rings is 2. The highest BCUT2D eigenvalue weighted by Crippen LogP contribution is 2.35. The summed E-state index contributed by atoms with van der Waals surface area (Å²) < 4.78 is 32.5. The molecule has 2 aromatic carbocycles. The predicted molar refractivity (Wildman–Crippen MR) is 99.2 cm³/mol. The van der Waals surface area contributed by atoms with Crippen LogP contribution in [0.5, 0.6) is 5.75 Å². The van der Waals surface area contributed by atoms with Crippen LogP contribution in [0.2, 0.25) is 0 Å². The van der Waals surface area contributed by atoms with Gasteiger partial charge >= 0.3 is 5.69 Å². The number of ether oxygens (including phenoxy) is 1. The van der Waals surface area contributed by atoms with Crippen molar-refractivity contribution < 1.29 is 18.4 Å². The van der Waals surface area contributed by atoms with Crippen molar-refractivity contribution in [1.82, 2.24) is 9.97 Å². The molecule has 0 radical (unpaired) electrons. The summed E-state index contributed by atoms with van der Waals surface area (Å²) >= 11 is 0. The number of para-hydroxylation sites is 2. The van der Waals surface area contributed by atoms with E-state index in [1.807, 2.05) is 6.92 Å². The molecule has 0 aliphatic rings. The average Bonchev–Trinajstić information content (AvgIpc) is 2.66. The number of halogens is 2. The van der Waals surface area contributed by atoms with Gasteiger partial charge in [0.25, 0.3) is 0 Å². The molecule has 0 bridgehead atoms. The van der Waals surface area contributed by atoms with Crippen molar-refractivity contribution in [1.29, 1.82) is 0 Å². The normalized spacial score (nSPS) is 10.4. The Morgan fingerprint density at radius 3 is 2.39 bits per heavy atom. The van der Waals surface area contributed by atoms with E-state index in [9.17, 15) is 18.9 Å². The Balaban J connectivity index is 1.99. The van der Waals surface area contributed by atoms with Crippen molar-refractivity contribution in [3.63, 3.8) is 0 Å². The van der Waals surface area contributed by atoms with Crippen LogP contribution in [0.25, 0.3) is 0 Å². The summed E-state index contributed by atoms with van der Waals surface area (Å²) in [6.07, 6.45) is 1.09. The number of anilines is 4. The fourth-order valence-corrected chi connectivity index (χ4v) is 2.43. The van der Waals surface area contributed by atoms with Gasteiger partial charge in [0.1, 0.15) is 23.7 Å². The second-order valence-corrected chi connectivity index (χ2v) is 5.48. The molecule has 3 aromatic rings. The van der Waals surface area contributed by atoms with Crippen molar-refractivity contribution in [3.05, 3.63) is 70.5 Å². The number of hydrogen-bond acceptors (Lipinski definition) is 7. The lowest BCUT2D eigenvalue weighted by atomic mass is 10.2. The van der Waals surface area contributed by atoms with Crippen LogP contribution in [-0.2, 0) is 0 Å². The van der Waals surface area contributed by atoms with E-state index in [1.54, 1.807) is 24.3 Å². The minimum absolute atomic E-state index is 0.114. The molecule has 10 heteroatoms. The van der Waals surface area contributed by atoms with E-state index < -0.39 is 22.2 Å². The molecule has 0 saturated heterocycles. The summed E-state index contributed by atoms with van der Waals surface area (Å²) in [4.78, 5) is 18.7. The van der Waals surface area contributed by atoms with E-state index in [2.05, 4.69) is 20.6 Å². The average molecular weight is 387 g/mol. The van der Waals surface area contributed by atoms with E-state index in [1.165, 1.54) is 0 Å². The summed E-state index contributed by atoms with van der Waals surface area (Å²) in [5, 5.41) is 17.0. The molecule has 28 heavy (non-hydrogen) atoms. The van der Waals surface area contributed by atoms with Crippen LogP contribution < -0.4 is 15.4 Å². The van der Waals surface area contributed by atoms with Crippen molar-refractivity contribution in [2.45, 2.75) is 6.92 Å². The number of nitro groups is 1. The number of rotatable bonds is 7. The van der Waals surface area contributed by atoms with Crippen LogP contribution >= 0.6 is 0 Å². The lowest BCUT2D eigenvalue weighted by molar-refractivity contribution is -0.383. The highest BCUT2D eigenvalue weighted by molar-refractivity contribution is 5.78. The van der Waals surface area contributed by atoms with E-state index >= 15 is 0 Å². The summed E-state index contributed by atoms with van der Waals surface area (Å²) in [5.74, 6) is -1.56. The molecule has 2 N–H and O–H groups in total. The molecule has 0 fully saturated rings. The molecule has 0 aliphatic carbocycles. The molecule has 0 spiro atoms. The standard InChI is InChI=1S/C18H15F2N5O3/c1-2-28-15-6-4-3-5-14(15)24-18-16(25(26)27)17(21-10-22-18)23-13-8-7-11(19)9-12(13)20/h3-10H,2H2,1H3,(H2,21,22,23,24). The fraction of sp³-hybridized carbons (Fsp3) is 0.111. The zero-order valence-electron chi connectivity index (χ0n) is 14.6. The first-order valence-corrected chi connectivity index (χ1v) is 8.20. The number of aromatic nitrogens is 2. The second-order valence-electron chi connectivity index (χ2n) is 5.48. The lowest BCUT2D eigenvalue weighted by Crippen LogP contribution is -2.07. The minimum Gasteiger partial charge on any atom is -0.492 e. The van der Waals surface area contributed by atoms with Gasteiger partial charge in [-0.1, -0.05) is 12.1 Å². The van der Waals surface area contributed by atoms with Gasteiger partial charge in [-0.15, -0.1) is 0 Å². The lowest BCUT2D eigenvalue weighted by Gasteiger charge is -2.13. The summed E-state index contributed by atoms with van der Waals surface area (Å²) in [6, 6.07) is 9.66. The Labute approximate surface area is 158 Å².